The topological polar surface area (TPSA) is 47.4 Å². The van der Waals surface area contributed by atoms with Crippen LogP contribution < -0.4 is 9.64 Å². The van der Waals surface area contributed by atoms with Gasteiger partial charge in [-0.1, -0.05) is 32.4 Å². The lowest BCUT2D eigenvalue weighted by atomic mass is 9.85. The van der Waals surface area contributed by atoms with Crippen LogP contribution in [0, 0.1) is 11.8 Å². The van der Waals surface area contributed by atoms with Gasteiger partial charge in [-0.25, -0.2) is 4.98 Å². The number of rotatable bonds is 9. The summed E-state index contributed by atoms with van der Waals surface area (Å²) >= 11 is 0. The number of hydrogen-bond donors (Lipinski definition) is 0. The van der Waals surface area contributed by atoms with E-state index in [-0.39, 0.29) is 5.91 Å². The van der Waals surface area contributed by atoms with Crippen LogP contribution in [0.4, 0.5) is 5.69 Å². The quantitative estimate of drug-likeness (QED) is 0.426. The third-order valence-electron chi connectivity index (χ3n) is 6.43. The highest BCUT2D eigenvalue weighted by Gasteiger charge is 2.22. The van der Waals surface area contributed by atoms with Crippen LogP contribution in [-0.2, 0) is 17.8 Å². The lowest BCUT2D eigenvalue weighted by molar-refractivity contribution is -0.119. The van der Waals surface area contributed by atoms with Crippen LogP contribution in [0.3, 0.4) is 0 Å². The van der Waals surface area contributed by atoms with Crippen LogP contribution in [0.2, 0.25) is 0 Å². The van der Waals surface area contributed by atoms with Crippen LogP contribution in [0.15, 0.2) is 42.6 Å². The molecule has 4 rings (SSSR count). The summed E-state index contributed by atoms with van der Waals surface area (Å²) in [5, 5.41) is 1.10. The van der Waals surface area contributed by atoms with E-state index < -0.39 is 0 Å². The second-order valence-electron chi connectivity index (χ2n) is 9.45. The van der Waals surface area contributed by atoms with Crippen molar-refractivity contribution >= 4 is 22.6 Å². The molecule has 1 aromatic carbocycles. The molecular formula is C27H35N3O2. The van der Waals surface area contributed by atoms with E-state index in [0.29, 0.717) is 18.9 Å². The van der Waals surface area contributed by atoms with E-state index in [1.807, 2.05) is 32.3 Å². The highest BCUT2D eigenvalue weighted by atomic mass is 16.5. The lowest BCUT2D eigenvalue weighted by Gasteiger charge is -2.27. The number of benzene rings is 1. The fourth-order valence-corrected chi connectivity index (χ4v) is 4.36. The van der Waals surface area contributed by atoms with Gasteiger partial charge >= 0.3 is 0 Å². The first kappa shape index (κ1) is 22.4. The van der Waals surface area contributed by atoms with Crippen molar-refractivity contribution in [1.82, 2.24) is 9.55 Å². The summed E-state index contributed by atoms with van der Waals surface area (Å²) in [5.74, 6) is 2.11. The van der Waals surface area contributed by atoms with E-state index in [1.54, 1.807) is 4.90 Å². The van der Waals surface area contributed by atoms with Crippen molar-refractivity contribution in [3.63, 3.8) is 0 Å². The van der Waals surface area contributed by atoms with Crippen molar-refractivity contribution in [2.24, 2.45) is 11.8 Å². The Labute approximate surface area is 191 Å². The molecule has 2 heterocycles. The Morgan fingerprint density at radius 2 is 1.97 bits per heavy atom. The minimum absolute atomic E-state index is 0.129. The van der Waals surface area contributed by atoms with Gasteiger partial charge in [0.15, 0.2) is 0 Å². The number of hydrogen-bond acceptors (Lipinski definition) is 3. The molecule has 3 aromatic rings. The van der Waals surface area contributed by atoms with Gasteiger partial charge in [-0.2, -0.15) is 0 Å². The first-order chi connectivity index (χ1) is 15.4. The molecule has 0 unspecified atom stereocenters. The number of pyridine rings is 1. The first-order valence-electron chi connectivity index (χ1n) is 11.9. The molecule has 0 saturated heterocycles. The molecular weight excluding hydrogens is 398 g/mol. The van der Waals surface area contributed by atoms with Crippen LogP contribution in [0.25, 0.3) is 11.0 Å². The lowest BCUT2D eigenvalue weighted by Crippen LogP contribution is -2.27. The third-order valence-corrected chi connectivity index (χ3v) is 6.43. The van der Waals surface area contributed by atoms with Crippen LogP contribution >= 0.6 is 0 Å². The average Bonchev–Trinajstić information content (AvgIpc) is 3.07. The molecule has 1 amide bonds. The van der Waals surface area contributed by atoms with Crippen LogP contribution in [-0.4, -0.2) is 29.1 Å². The molecule has 1 aliphatic carbocycles. The van der Waals surface area contributed by atoms with Crippen molar-refractivity contribution in [2.45, 2.75) is 59.4 Å². The van der Waals surface area contributed by atoms with Crippen LogP contribution in [0.1, 0.15) is 57.7 Å². The van der Waals surface area contributed by atoms with E-state index in [0.717, 1.165) is 41.4 Å². The van der Waals surface area contributed by atoms with E-state index in [2.05, 4.69) is 42.7 Å². The predicted octanol–water partition coefficient (Wildman–Crippen LogP) is 5.83. The Hall–Kier alpha value is -2.82. The summed E-state index contributed by atoms with van der Waals surface area (Å²) in [5.41, 5.74) is 4.41. The maximum atomic E-state index is 12.6. The fraction of sp³-hybridized carbons (Fsp3) is 0.481. The molecule has 5 heteroatoms. The fourth-order valence-electron chi connectivity index (χ4n) is 4.36. The molecule has 0 spiro atoms. The molecule has 0 bridgehead atoms. The smallest absolute Gasteiger partial charge is 0.227 e. The summed E-state index contributed by atoms with van der Waals surface area (Å²) in [6, 6.07) is 12.7. The number of anilines is 1. The highest BCUT2D eigenvalue weighted by Crippen LogP contribution is 2.32. The molecule has 1 saturated carbocycles. The number of fused-ring (bicyclic) bond motifs is 1. The molecule has 0 atom stereocenters. The van der Waals surface area contributed by atoms with E-state index >= 15 is 0 Å². The Bertz CT molecular complexity index is 1060. The SMILES string of the molecule is CCOc1ccc(Cc2cc3cc(N(C)C(=O)CC(C)C)cnc3n2CC2CCC2)cc1. The average molecular weight is 434 g/mol. The maximum Gasteiger partial charge on any atom is 0.227 e. The van der Waals surface area contributed by atoms with Gasteiger partial charge in [0.1, 0.15) is 11.4 Å². The molecule has 0 aliphatic heterocycles. The number of aromatic nitrogens is 2. The van der Waals surface area contributed by atoms with E-state index in [9.17, 15) is 4.79 Å². The summed E-state index contributed by atoms with van der Waals surface area (Å²) in [7, 11) is 1.85. The van der Waals surface area contributed by atoms with Gasteiger partial charge in [0, 0.05) is 37.5 Å². The second-order valence-corrected chi connectivity index (χ2v) is 9.45. The molecule has 1 fully saturated rings. The normalized spacial score (nSPS) is 14.0. The van der Waals surface area contributed by atoms with E-state index in [4.69, 9.17) is 9.72 Å². The Kier molecular flexibility index (Phi) is 6.83. The number of ether oxygens (including phenoxy) is 1. The summed E-state index contributed by atoms with van der Waals surface area (Å²) in [6.07, 6.45) is 7.17. The molecule has 170 valence electrons. The van der Waals surface area contributed by atoms with Gasteiger partial charge in [0.2, 0.25) is 5.91 Å². The Morgan fingerprint density at radius 3 is 2.59 bits per heavy atom. The van der Waals surface area contributed by atoms with Crippen LogP contribution in [0.5, 0.6) is 5.75 Å². The van der Waals surface area contributed by atoms with Gasteiger partial charge in [-0.15, -0.1) is 0 Å². The van der Waals surface area contributed by atoms with Crippen molar-refractivity contribution in [3.05, 3.63) is 53.9 Å². The number of amides is 1. The predicted molar refractivity (Wildman–Crippen MR) is 130 cm³/mol. The molecule has 5 nitrogen and oxygen atoms in total. The number of carbonyl (C=O) groups excluding carboxylic acids is 1. The summed E-state index contributed by atoms with van der Waals surface area (Å²) < 4.78 is 7.99. The van der Waals surface area contributed by atoms with Crippen molar-refractivity contribution < 1.29 is 9.53 Å². The minimum atomic E-state index is 0.129. The molecule has 1 aliphatic rings. The Morgan fingerprint density at radius 1 is 1.22 bits per heavy atom. The molecule has 0 radical (unpaired) electrons. The first-order valence-corrected chi connectivity index (χ1v) is 11.9. The summed E-state index contributed by atoms with van der Waals surface area (Å²) in [6.45, 7) is 7.84. The minimum Gasteiger partial charge on any atom is -0.494 e. The largest absolute Gasteiger partial charge is 0.494 e. The van der Waals surface area contributed by atoms with Gasteiger partial charge in [-0.3, -0.25) is 4.79 Å². The molecule has 32 heavy (non-hydrogen) atoms. The maximum absolute atomic E-state index is 12.6. The molecule has 2 aromatic heterocycles. The standard InChI is InChI=1S/C27H35N3O2/c1-5-32-25-11-9-20(10-12-25)14-23-15-22-16-24(29(4)26(31)13-19(2)3)17-28-27(22)30(23)18-21-7-6-8-21/h9-12,15-17,19,21H,5-8,13-14,18H2,1-4H3. The van der Waals surface area contributed by atoms with Gasteiger partial charge in [0.05, 0.1) is 18.5 Å². The Balaban J connectivity index is 1.64. The third kappa shape index (κ3) is 4.98. The zero-order chi connectivity index (χ0) is 22.7. The monoisotopic (exact) mass is 433 g/mol. The molecule has 0 N–H and O–H groups in total. The number of nitrogens with zero attached hydrogens (tertiary/aromatic N) is 3. The number of carbonyl (C=O) groups is 1. The van der Waals surface area contributed by atoms with Gasteiger partial charge in [0.25, 0.3) is 0 Å². The second kappa shape index (κ2) is 9.76. The van der Waals surface area contributed by atoms with Gasteiger partial charge in [-0.05, 0) is 61.4 Å². The zero-order valence-corrected chi connectivity index (χ0v) is 19.8. The zero-order valence-electron chi connectivity index (χ0n) is 19.8. The van der Waals surface area contributed by atoms with Crippen molar-refractivity contribution in [2.75, 3.05) is 18.6 Å². The van der Waals surface area contributed by atoms with Crippen molar-refractivity contribution in [3.8, 4) is 5.75 Å². The van der Waals surface area contributed by atoms with Crippen molar-refractivity contribution in [1.29, 1.82) is 0 Å². The highest BCUT2D eigenvalue weighted by molar-refractivity contribution is 5.94. The summed E-state index contributed by atoms with van der Waals surface area (Å²) in [4.78, 5) is 19.1. The van der Waals surface area contributed by atoms with E-state index in [1.165, 1.54) is 30.5 Å². The van der Waals surface area contributed by atoms with Gasteiger partial charge < -0.3 is 14.2 Å².